The average molecular weight is 416 g/mol. The van der Waals surface area contributed by atoms with Crippen molar-refractivity contribution in [2.45, 2.75) is 6.61 Å². The maximum absolute atomic E-state index is 12.8. The molecule has 0 fully saturated rings. The predicted molar refractivity (Wildman–Crippen MR) is 114 cm³/mol. The Morgan fingerprint density at radius 3 is 2.10 bits per heavy atom. The van der Waals surface area contributed by atoms with Gasteiger partial charge < -0.3 is 14.2 Å². The summed E-state index contributed by atoms with van der Waals surface area (Å²) in [7, 11) is 0. The van der Waals surface area contributed by atoms with E-state index in [-0.39, 0.29) is 29.9 Å². The molecular weight excluding hydrogens is 396 g/mol. The minimum Gasteiger partial charge on any atom is -0.458 e. The smallest absolute Gasteiger partial charge is 0.344 e. The third kappa shape index (κ3) is 5.90. The first-order valence-electron chi connectivity index (χ1n) is 9.49. The molecule has 0 atom stereocenters. The van der Waals surface area contributed by atoms with Gasteiger partial charge in [0.25, 0.3) is 0 Å². The van der Waals surface area contributed by atoms with E-state index in [1.165, 1.54) is 24.3 Å². The second-order valence-corrected chi connectivity index (χ2v) is 6.41. The molecule has 0 radical (unpaired) electrons. The van der Waals surface area contributed by atoms with Crippen LogP contribution in [0.25, 0.3) is 0 Å². The van der Waals surface area contributed by atoms with Crippen LogP contribution >= 0.6 is 0 Å². The fourth-order valence-electron chi connectivity index (χ4n) is 2.69. The maximum Gasteiger partial charge on any atom is 0.344 e. The van der Waals surface area contributed by atoms with Crippen molar-refractivity contribution in [3.05, 3.63) is 114 Å². The molecule has 6 nitrogen and oxygen atoms in total. The van der Waals surface area contributed by atoms with Crippen LogP contribution in [0, 0.1) is 0 Å². The molecule has 3 rings (SSSR count). The van der Waals surface area contributed by atoms with Crippen LogP contribution in [0.2, 0.25) is 0 Å². The summed E-state index contributed by atoms with van der Waals surface area (Å²) in [5, 5.41) is 0. The molecule has 0 spiro atoms. The van der Waals surface area contributed by atoms with Crippen LogP contribution in [0.5, 0.6) is 5.75 Å². The van der Waals surface area contributed by atoms with Crippen LogP contribution in [-0.4, -0.2) is 24.5 Å². The fraction of sp³-hybridized carbons (Fsp3) is 0.0800. The summed E-state index contributed by atoms with van der Waals surface area (Å²) in [6.45, 7) is 3.54. The van der Waals surface area contributed by atoms with Gasteiger partial charge in [0.2, 0.25) is 0 Å². The first kappa shape index (κ1) is 21.5. The van der Waals surface area contributed by atoms with E-state index in [9.17, 15) is 14.4 Å². The highest BCUT2D eigenvalue weighted by Crippen LogP contribution is 2.19. The van der Waals surface area contributed by atoms with Crippen LogP contribution in [0.3, 0.4) is 0 Å². The SMILES string of the molecule is C=CCOC(=O)c1ccc(C(=O)OCc2ccccc2)c(C(=O)Oc2ccccc2)c1. The molecule has 6 heteroatoms. The molecule has 0 saturated heterocycles. The van der Waals surface area contributed by atoms with Crippen molar-refractivity contribution in [2.24, 2.45) is 0 Å². The van der Waals surface area contributed by atoms with Crippen molar-refractivity contribution >= 4 is 17.9 Å². The maximum atomic E-state index is 12.8. The lowest BCUT2D eigenvalue weighted by molar-refractivity contribution is 0.0463. The summed E-state index contributed by atoms with van der Waals surface area (Å²) in [6.07, 6.45) is 1.43. The van der Waals surface area contributed by atoms with Gasteiger partial charge in [0.15, 0.2) is 0 Å². The van der Waals surface area contributed by atoms with Gasteiger partial charge >= 0.3 is 17.9 Å². The zero-order valence-corrected chi connectivity index (χ0v) is 16.7. The van der Waals surface area contributed by atoms with Gasteiger partial charge in [0.05, 0.1) is 16.7 Å². The molecule has 3 aromatic carbocycles. The number of carbonyl (C=O) groups is 3. The van der Waals surface area contributed by atoms with E-state index in [0.717, 1.165) is 5.56 Å². The lowest BCUT2D eigenvalue weighted by Gasteiger charge is -2.11. The van der Waals surface area contributed by atoms with Crippen LogP contribution in [0.1, 0.15) is 36.6 Å². The van der Waals surface area contributed by atoms with Gasteiger partial charge in [-0.25, -0.2) is 14.4 Å². The predicted octanol–water partition coefficient (Wildman–Crippen LogP) is 4.61. The summed E-state index contributed by atoms with van der Waals surface area (Å²) in [5.41, 5.74) is 0.780. The molecule has 31 heavy (non-hydrogen) atoms. The number of benzene rings is 3. The highest BCUT2D eigenvalue weighted by molar-refractivity contribution is 6.05. The van der Waals surface area contributed by atoms with Gasteiger partial charge in [-0.15, -0.1) is 0 Å². The summed E-state index contributed by atoms with van der Waals surface area (Å²) >= 11 is 0. The molecule has 0 bridgehead atoms. The van der Waals surface area contributed by atoms with Gasteiger partial charge in [0, 0.05) is 0 Å². The van der Waals surface area contributed by atoms with E-state index < -0.39 is 17.9 Å². The van der Waals surface area contributed by atoms with Crippen molar-refractivity contribution in [1.29, 1.82) is 0 Å². The number of para-hydroxylation sites is 1. The van der Waals surface area contributed by atoms with Gasteiger partial charge in [-0.3, -0.25) is 0 Å². The summed E-state index contributed by atoms with van der Waals surface area (Å²) in [6, 6.07) is 21.5. The molecule has 0 unspecified atom stereocenters. The summed E-state index contributed by atoms with van der Waals surface area (Å²) in [4.78, 5) is 37.7. The number of ether oxygens (including phenoxy) is 3. The minimum absolute atomic E-state index is 0.0165. The van der Waals surface area contributed by atoms with E-state index in [1.54, 1.807) is 30.3 Å². The van der Waals surface area contributed by atoms with Crippen molar-refractivity contribution in [3.8, 4) is 5.75 Å². The minimum atomic E-state index is -0.795. The molecule has 0 amide bonds. The Bertz CT molecular complexity index is 1070. The van der Waals surface area contributed by atoms with Crippen LogP contribution in [-0.2, 0) is 16.1 Å². The third-order valence-electron chi connectivity index (χ3n) is 4.19. The number of esters is 3. The summed E-state index contributed by atoms with van der Waals surface area (Å²) < 4.78 is 15.7. The third-order valence-corrected chi connectivity index (χ3v) is 4.19. The van der Waals surface area contributed by atoms with Gasteiger partial charge in [0.1, 0.15) is 19.0 Å². The molecule has 0 saturated carbocycles. The van der Waals surface area contributed by atoms with E-state index in [1.807, 2.05) is 30.3 Å². The lowest BCUT2D eigenvalue weighted by atomic mass is 10.0. The highest BCUT2D eigenvalue weighted by atomic mass is 16.5. The number of hydrogen-bond acceptors (Lipinski definition) is 6. The van der Waals surface area contributed by atoms with Crippen LogP contribution in [0.4, 0.5) is 0 Å². The molecule has 0 aliphatic carbocycles. The van der Waals surface area contributed by atoms with Crippen LogP contribution in [0.15, 0.2) is 91.5 Å². The Kier molecular flexibility index (Phi) is 7.32. The van der Waals surface area contributed by atoms with E-state index >= 15 is 0 Å². The van der Waals surface area contributed by atoms with E-state index in [2.05, 4.69) is 6.58 Å². The Morgan fingerprint density at radius 1 is 0.742 bits per heavy atom. The van der Waals surface area contributed by atoms with E-state index in [4.69, 9.17) is 14.2 Å². The number of rotatable bonds is 8. The van der Waals surface area contributed by atoms with Gasteiger partial charge in [-0.2, -0.15) is 0 Å². The Labute approximate surface area is 179 Å². The first-order valence-corrected chi connectivity index (χ1v) is 9.49. The Balaban J connectivity index is 1.87. The first-order chi connectivity index (χ1) is 15.1. The Hall–Kier alpha value is -4.19. The molecular formula is C25H20O6. The van der Waals surface area contributed by atoms with Gasteiger partial charge in [-0.1, -0.05) is 61.2 Å². The largest absolute Gasteiger partial charge is 0.458 e. The number of hydrogen-bond donors (Lipinski definition) is 0. The van der Waals surface area contributed by atoms with Crippen molar-refractivity contribution in [3.63, 3.8) is 0 Å². The standard InChI is InChI=1S/C25H20O6/c1-2-15-29-23(26)19-13-14-21(24(27)30-17-18-9-5-3-6-10-18)22(16-19)25(28)31-20-11-7-4-8-12-20/h2-14,16H,1,15,17H2. The van der Waals surface area contributed by atoms with Gasteiger partial charge in [-0.05, 0) is 35.9 Å². The molecule has 0 N–H and O–H groups in total. The molecule has 0 aromatic heterocycles. The second-order valence-electron chi connectivity index (χ2n) is 6.41. The fourth-order valence-corrected chi connectivity index (χ4v) is 2.69. The second kappa shape index (κ2) is 10.5. The normalized spacial score (nSPS) is 10.1. The quantitative estimate of drug-likeness (QED) is 0.303. The Morgan fingerprint density at radius 2 is 1.42 bits per heavy atom. The summed E-state index contributed by atoms with van der Waals surface area (Å²) in [5.74, 6) is -1.86. The monoisotopic (exact) mass is 416 g/mol. The van der Waals surface area contributed by atoms with Crippen molar-refractivity contribution in [2.75, 3.05) is 6.61 Å². The number of carbonyl (C=O) groups excluding carboxylic acids is 3. The van der Waals surface area contributed by atoms with E-state index in [0.29, 0.717) is 5.75 Å². The molecule has 0 aliphatic heterocycles. The zero-order valence-electron chi connectivity index (χ0n) is 16.7. The molecule has 156 valence electrons. The molecule has 0 aliphatic rings. The van der Waals surface area contributed by atoms with Crippen molar-refractivity contribution < 1.29 is 28.6 Å². The molecule has 0 heterocycles. The van der Waals surface area contributed by atoms with Crippen LogP contribution < -0.4 is 4.74 Å². The van der Waals surface area contributed by atoms with Crippen molar-refractivity contribution in [1.82, 2.24) is 0 Å². The highest BCUT2D eigenvalue weighted by Gasteiger charge is 2.23. The topological polar surface area (TPSA) is 78.9 Å². The average Bonchev–Trinajstić information content (AvgIpc) is 2.82. The molecule has 3 aromatic rings. The lowest BCUT2D eigenvalue weighted by Crippen LogP contribution is -2.17. The zero-order chi connectivity index (χ0) is 22.1.